The lowest BCUT2D eigenvalue weighted by molar-refractivity contribution is 0.1000. The number of rotatable bonds is 4. The van der Waals surface area contributed by atoms with E-state index in [9.17, 15) is 9.59 Å². The van der Waals surface area contributed by atoms with Crippen molar-refractivity contribution < 1.29 is 14.1 Å². The molecule has 1 aromatic carbocycles. The van der Waals surface area contributed by atoms with E-state index < -0.39 is 5.91 Å². The lowest BCUT2D eigenvalue weighted by atomic mass is 9.72. The van der Waals surface area contributed by atoms with Crippen LogP contribution < -0.4 is 11.1 Å². The van der Waals surface area contributed by atoms with Gasteiger partial charge in [0.2, 0.25) is 0 Å². The number of hydrogen-bond donors (Lipinski definition) is 2. The van der Waals surface area contributed by atoms with E-state index in [-0.39, 0.29) is 11.3 Å². The number of carbonyl (C=O) groups is 2. The highest BCUT2D eigenvalue weighted by atomic mass is 32.1. The van der Waals surface area contributed by atoms with Crippen LogP contribution in [0, 0.1) is 18.3 Å². The van der Waals surface area contributed by atoms with Gasteiger partial charge in [0.15, 0.2) is 0 Å². The first-order valence-electron chi connectivity index (χ1n) is 10.4. The summed E-state index contributed by atoms with van der Waals surface area (Å²) in [6.45, 7) is 8.44. The Labute approximate surface area is 185 Å². The second-order valence-corrected chi connectivity index (χ2v) is 10.3. The normalized spacial score (nSPS) is 16.1. The maximum atomic E-state index is 13.2. The lowest BCUT2D eigenvalue weighted by Gasteiger charge is -2.33. The Morgan fingerprint density at radius 3 is 2.55 bits per heavy atom. The number of nitrogens with zero attached hydrogens (tertiary/aromatic N) is 1. The van der Waals surface area contributed by atoms with Gasteiger partial charge in [-0.15, -0.1) is 11.3 Å². The third-order valence-electron chi connectivity index (χ3n) is 6.10. The van der Waals surface area contributed by atoms with E-state index in [4.69, 9.17) is 10.3 Å². The van der Waals surface area contributed by atoms with Gasteiger partial charge in [0.25, 0.3) is 11.8 Å². The Morgan fingerprint density at radius 1 is 1.19 bits per heavy atom. The van der Waals surface area contributed by atoms with Crippen LogP contribution in [0.3, 0.4) is 0 Å². The summed E-state index contributed by atoms with van der Waals surface area (Å²) in [4.78, 5) is 26.7. The van der Waals surface area contributed by atoms with Crippen molar-refractivity contribution in [1.82, 2.24) is 5.16 Å². The second-order valence-electron chi connectivity index (χ2n) is 9.16. The van der Waals surface area contributed by atoms with Crippen molar-refractivity contribution in [3.8, 4) is 11.3 Å². The molecule has 3 aromatic rings. The zero-order chi connectivity index (χ0) is 22.3. The number of nitrogens with one attached hydrogen (secondary N) is 1. The van der Waals surface area contributed by atoms with Crippen molar-refractivity contribution in [2.45, 2.75) is 47.0 Å². The Morgan fingerprint density at radius 2 is 1.90 bits per heavy atom. The van der Waals surface area contributed by atoms with Crippen molar-refractivity contribution >= 4 is 28.2 Å². The van der Waals surface area contributed by atoms with Crippen molar-refractivity contribution in [1.29, 1.82) is 0 Å². The molecule has 0 aliphatic heterocycles. The molecule has 0 bridgehead atoms. The average molecular weight is 438 g/mol. The molecule has 2 aromatic heterocycles. The third kappa shape index (κ3) is 4.02. The standard InChI is InChI=1S/C24H27N3O3S/c1-13-18(20(27-30-13)14-8-6-5-7-9-14)22(29)26-23-19(21(25)28)16-11-10-15(24(2,3)4)12-17(16)31-23/h5-9,15H,10-12H2,1-4H3,(H2,25,28)(H,26,29). The number of aryl methyl sites for hydroxylation is 1. The largest absolute Gasteiger partial charge is 0.365 e. The monoisotopic (exact) mass is 437 g/mol. The first-order chi connectivity index (χ1) is 14.7. The molecule has 2 heterocycles. The predicted octanol–water partition coefficient (Wildman–Crippen LogP) is 5.21. The SMILES string of the molecule is Cc1onc(-c2ccccc2)c1C(=O)Nc1sc2c(c1C(N)=O)CCC(C(C)(C)C)C2. The summed E-state index contributed by atoms with van der Waals surface area (Å²) in [6.07, 6.45) is 2.69. The summed E-state index contributed by atoms with van der Waals surface area (Å²) in [5.74, 6) is 0.0810. The fourth-order valence-corrected chi connectivity index (χ4v) is 5.60. The molecule has 0 saturated carbocycles. The van der Waals surface area contributed by atoms with E-state index in [0.29, 0.717) is 33.5 Å². The zero-order valence-corrected chi connectivity index (χ0v) is 19.1. The fourth-order valence-electron chi connectivity index (χ4n) is 4.27. The highest BCUT2D eigenvalue weighted by Gasteiger charge is 2.34. The van der Waals surface area contributed by atoms with Crippen LogP contribution in [0.2, 0.25) is 0 Å². The number of amides is 2. The number of fused-ring (bicyclic) bond motifs is 1. The quantitative estimate of drug-likeness (QED) is 0.585. The van der Waals surface area contributed by atoms with Gasteiger partial charge in [-0.3, -0.25) is 9.59 Å². The Kier molecular flexibility index (Phi) is 5.47. The number of hydrogen-bond acceptors (Lipinski definition) is 5. The van der Waals surface area contributed by atoms with Crippen LogP contribution in [-0.2, 0) is 12.8 Å². The van der Waals surface area contributed by atoms with Gasteiger partial charge in [0.05, 0.1) is 5.56 Å². The minimum atomic E-state index is -0.507. The van der Waals surface area contributed by atoms with E-state index in [1.54, 1.807) is 6.92 Å². The first kappa shape index (κ1) is 21.3. The molecular weight excluding hydrogens is 410 g/mol. The van der Waals surface area contributed by atoms with Crippen LogP contribution in [0.5, 0.6) is 0 Å². The molecule has 162 valence electrons. The maximum Gasteiger partial charge on any atom is 0.262 e. The summed E-state index contributed by atoms with van der Waals surface area (Å²) >= 11 is 1.46. The van der Waals surface area contributed by atoms with Gasteiger partial charge in [0, 0.05) is 10.4 Å². The molecule has 1 atom stereocenters. The van der Waals surface area contributed by atoms with Gasteiger partial charge in [0.1, 0.15) is 22.0 Å². The molecule has 4 rings (SSSR count). The predicted molar refractivity (Wildman–Crippen MR) is 122 cm³/mol. The van der Waals surface area contributed by atoms with Crippen LogP contribution in [0.25, 0.3) is 11.3 Å². The van der Waals surface area contributed by atoms with Crippen molar-refractivity contribution in [2.24, 2.45) is 17.1 Å². The smallest absolute Gasteiger partial charge is 0.262 e. The minimum absolute atomic E-state index is 0.183. The van der Waals surface area contributed by atoms with Crippen LogP contribution in [0.4, 0.5) is 5.00 Å². The molecule has 1 unspecified atom stereocenters. The molecule has 7 heteroatoms. The summed E-state index contributed by atoms with van der Waals surface area (Å²) in [7, 11) is 0. The number of anilines is 1. The summed E-state index contributed by atoms with van der Waals surface area (Å²) in [6, 6.07) is 9.41. The van der Waals surface area contributed by atoms with Crippen LogP contribution in [0.1, 0.15) is 64.1 Å². The number of benzene rings is 1. The van der Waals surface area contributed by atoms with Crippen LogP contribution in [0.15, 0.2) is 34.9 Å². The van der Waals surface area contributed by atoms with Gasteiger partial charge < -0.3 is 15.6 Å². The van der Waals surface area contributed by atoms with Crippen molar-refractivity contribution in [3.05, 3.63) is 57.7 Å². The van der Waals surface area contributed by atoms with E-state index in [2.05, 4.69) is 31.2 Å². The van der Waals surface area contributed by atoms with Gasteiger partial charge >= 0.3 is 0 Å². The van der Waals surface area contributed by atoms with E-state index in [1.807, 2.05) is 30.3 Å². The van der Waals surface area contributed by atoms with E-state index >= 15 is 0 Å². The highest BCUT2D eigenvalue weighted by Crippen LogP contribution is 2.44. The summed E-state index contributed by atoms with van der Waals surface area (Å²) in [5.41, 5.74) is 8.97. The maximum absolute atomic E-state index is 13.2. The molecule has 2 amide bonds. The fraction of sp³-hybridized carbons (Fsp3) is 0.375. The second kappa shape index (κ2) is 7.96. The molecule has 1 aliphatic carbocycles. The number of carbonyl (C=O) groups excluding carboxylic acids is 2. The van der Waals surface area contributed by atoms with E-state index in [0.717, 1.165) is 35.3 Å². The highest BCUT2D eigenvalue weighted by molar-refractivity contribution is 7.17. The molecular formula is C24H27N3O3S. The van der Waals surface area contributed by atoms with Gasteiger partial charge in [-0.05, 0) is 43.1 Å². The van der Waals surface area contributed by atoms with Crippen LogP contribution >= 0.6 is 11.3 Å². The summed E-state index contributed by atoms with van der Waals surface area (Å²) in [5, 5.41) is 7.53. The Bertz CT molecular complexity index is 1140. The molecule has 1 aliphatic rings. The average Bonchev–Trinajstić information content (AvgIpc) is 3.27. The first-order valence-corrected chi connectivity index (χ1v) is 11.3. The third-order valence-corrected chi connectivity index (χ3v) is 7.27. The molecule has 0 spiro atoms. The Balaban J connectivity index is 1.69. The molecule has 6 nitrogen and oxygen atoms in total. The topological polar surface area (TPSA) is 98.2 Å². The van der Waals surface area contributed by atoms with Gasteiger partial charge in [-0.25, -0.2) is 0 Å². The molecule has 0 saturated heterocycles. The van der Waals surface area contributed by atoms with Crippen LogP contribution in [-0.4, -0.2) is 17.0 Å². The number of thiophene rings is 1. The molecule has 3 N–H and O–H groups in total. The number of aromatic nitrogens is 1. The summed E-state index contributed by atoms with van der Waals surface area (Å²) < 4.78 is 5.32. The molecule has 0 radical (unpaired) electrons. The van der Waals surface area contributed by atoms with Crippen molar-refractivity contribution in [2.75, 3.05) is 5.32 Å². The molecule has 31 heavy (non-hydrogen) atoms. The minimum Gasteiger partial charge on any atom is -0.365 e. The Hall–Kier alpha value is -2.93. The van der Waals surface area contributed by atoms with E-state index in [1.165, 1.54) is 11.3 Å². The number of primary amides is 1. The van der Waals surface area contributed by atoms with Gasteiger partial charge in [-0.1, -0.05) is 56.3 Å². The number of nitrogens with two attached hydrogens (primary N) is 1. The lowest BCUT2D eigenvalue weighted by Crippen LogP contribution is -2.27. The molecule has 0 fully saturated rings. The van der Waals surface area contributed by atoms with Crippen molar-refractivity contribution in [3.63, 3.8) is 0 Å². The van der Waals surface area contributed by atoms with Gasteiger partial charge in [-0.2, -0.15) is 0 Å². The zero-order valence-electron chi connectivity index (χ0n) is 18.2.